The fraction of sp³-hybridized carbons (Fsp3) is 0.579. The smallest absolute Gasteiger partial charge is 0.251 e. The number of benzene rings is 1. The molecule has 1 unspecified atom stereocenters. The van der Waals surface area contributed by atoms with Gasteiger partial charge in [0.25, 0.3) is 5.91 Å². The number of methoxy groups -OCH3 is 1. The van der Waals surface area contributed by atoms with E-state index in [0.717, 1.165) is 38.7 Å². The number of amides is 1. The summed E-state index contributed by atoms with van der Waals surface area (Å²) >= 11 is 0. The number of hydrogen-bond acceptors (Lipinski definition) is 4. The third-order valence-electron chi connectivity index (χ3n) is 4.24. The maximum atomic E-state index is 12.2. The van der Waals surface area contributed by atoms with Gasteiger partial charge >= 0.3 is 0 Å². The molecule has 0 aliphatic carbocycles. The largest absolute Gasteiger partial charge is 0.497 e. The van der Waals surface area contributed by atoms with E-state index in [-0.39, 0.29) is 5.91 Å². The van der Waals surface area contributed by atoms with Gasteiger partial charge in [0.05, 0.1) is 20.3 Å². The molecule has 1 aliphatic rings. The van der Waals surface area contributed by atoms with E-state index < -0.39 is 0 Å². The fourth-order valence-corrected chi connectivity index (χ4v) is 2.87. The van der Waals surface area contributed by atoms with Crippen molar-refractivity contribution in [1.82, 2.24) is 15.5 Å². The van der Waals surface area contributed by atoms with Gasteiger partial charge in [0, 0.05) is 44.8 Å². The summed E-state index contributed by atoms with van der Waals surface area (Å²) in [5.41, 5.74) is 0.582. The van der Waals surface area contributed by atoms with E-state index in [4.69, 9.17) is 9.47 Å². The molecule has 7 heteroatoms. The van der Waals surface area contributed by atoms with E-state index in [0.29, 0.717) is 30.3 Å². The molecular formula is C19H30N4O3. The van der Waals surface area contributed by atoms with Gasteiger partial charge in [-0.3, -0.25) is 9.79 Å². The van der Waals surface area contributed by atoms with Crippen LogP contribution < -0.4 is 15.4 Å². The molecule has 1 atom stereocenters. The Kier molecular flexibility index (Phi) is 8.21. The van der Waals surface area contributed by atoms with Crippen molar-refractivity contribution < 1.29 is 14.3 Å². The average molecular weight is 362 g/mol. The third kappa shape index (κ3) is 6.22. The second-order valence-corrected chi connectivity index (χ2v) is 6.33. The molecule has 7 nitrogen and oxygen atoms in total. The zero-order valence-corrected chi connectivity index (χ0v) is 16.0. The summed E-state index contributed by atoms with van der Waals surface area (Å²) in [5.74, 6) is 1.95. The van der Waals surface area contributed by atoms with Gasteiger partial charge in [-0.05, 0) is 31.5 Å². The van der Waals surface area contributed by atoms with E-state index in [1.807, 2.05) is 20.0 Å². The number of nitrogens with zero attached hydrogens (tertiary/aromatic N) is 2. The highest BCUT2D eigenvalue weighted by Gasteiger charge is 2.19. The Bertz CT molecular complexity index is 600. The van der Waals surface area contributed by atoms with Crippen LogP contribution in [0.3, 0.4) is 0 Å². The van der Waals surface area contributed by atoms with Gasteiger partial charge in [-0.25, -0.2) is 0 Å². The number of rotatable bonds is 8. The van der Waals surface area contributed by atoms with Crippen molar-refractivity contribution in [3.8, 4) is 5.75 Å². The summed E-state index contributed by atoms with van der Waals surface area (Å²) < 4.78 is 10.6. The van der Waals surface area contributed by atoms with E-state index in [1.54, 1.807) is 25.3 Å². The van der Waals surface area contributed by atoms with Gasteiger partial charge < -0.3 is 25.0 Å². The van der Waals surface area contributed by atoms with E-state index in [2.05, 4.69) is 20.5 Å². The van der Waals surface area contributed by atoms with Crippen LogP contribution in [0, 0.1) is 5.92 Å². The molecule has 1 aromatic carbocycles. The minimum atomic E-state index is -0.124. The number of ether oxygens (including phenoxy) is 2. The maximum absolute atomic E-state index is 12.2. The lowest BCUT2D eigenvalue weighted by molar-refractivity contribution is 0.0954. The van der Waals surface area contributed by atoms with Crippen molar-refractivity contribution >= 4 is 11.9 Å². The van der Waals surface area contributed by atoms with Crippen LogP contribution in [-0.2, 0) is 4.74 Å². The van der Waals surface area contributed by atoms with Crippen molar-refractivity contribution in [2.45, 2.75) is 13.3 Å². The lowest BCUT2D eigenvalue weighted by Gasteiger charge is -2.24. The topological polar surface area (TPSA) is 75.2 Å². The van der Waals surface area contributed by atoms with E-state index in [1.165, 1.54) is 0 Å². The van der Waals surface area contributed by atoms with Crippen molar-refractivity contribution in [2.75, 3.05) is 53.6 Å². The number of carbonyl (C=O) groups is 1. The van der Waals surface area contributed by atoms with Gasteiger partial charge in [-0.1, -0.05) is 6.07 Å². The van der Waals surface area contributed by atoms with Crippen molar-refractivity contribution in [3.63, 3.8) is 0 Å². The van der Waals surface area contributed by atoms with Crippen LogP contribution >= 0.6 is 0 Å². The van der Waals surface area contributed by atoms with Crippen molar-refractivity contribution in [2.24, 2.45) is 10.9 Å². The van der Waals surface area contributed by atoms with Gasteiger partial charge in [0.15, 0.2) is 5.96 Å². The predicted molar refractivity (Wildman–Crippen MR) is 103 cm³/mol. The van der Waals surface area contributed by atoms with Gasteiger partial charge in [-0.2, -0.15) is 0 Å². The van der Waals surface area contributed by atoms with Gasteiger partial charge in [0.2, 0.25) is 0 Å². The monoisotopic (exact) mass is 362 g/mol. The standard InChI is InChI=1S/C19H30N4O3/c1-4-20-19(23(2)13-15-8-11-26-14-15)22-10-9-21-18(24)16-6-5-7-17(12-16)25-3/h5-7,12,15H,4,8-11,13-14H2,1-3H3,(H,20,22)(H,21,24). The van der Waals surface area contributed by atoms with Gasteiger partial charge in [-0.15, -0.1) is 0 Å². The number of aliphatic imine (C=N–C) groups is 1. The van der Waals surface area contributed by atoms with Crippen LogP contribution in [0.1, 0.15) is 23.7 Å². The van der Waals surface area contributed by atoms with E-state index in [9.17, 15) is 4.79 Å². The highest BCUT2D eigenvalue weighted by Crippen LogP contribution is 2.13. The molecule has 0 bridgehead atoms. The van der Waals surface area contributed by atoms with Crippen LogP contribution in [0.2, 0.25) is 0 Å². The Morgan fingerprint density at radius 2 is 2.27 bits per heavy atom. The van der Waals surface area contributed by atoms with Crippen LogP contribution in [-0.4, -0.2) is 70.3 Å². The molecule has 0 aromatic heterocycles. The Labute approximate surface area is 155 Å². The summed E-state index contributed by atoms with van der Waals surface area (Å²) in [7, 11) is 3.62. The van der Waals surface area contributed by atoms with Crippen molar-refractivity contribution in [1.29, 1.82) is 0 Å². The molecule has 1 aromatic rings. The summed E-state index contributed by atoms with van der Waals surface area (Å²) in [6.45, 7) is 6.44. The molecule has 144 valence electrons. The Balaban J connectivity index is 1.81. The minimum Gasteiger partial charge on any atom is -0.497 e. The molecule has 0 radical (unpaired) electrons. The number of hydrogen-bond donors (Lipinski definition) is 2. The Morgan fingerprint density at radius 1 is 1.42 bits per heavy atom. The van der Waals surface area contributed by atoms with Gasteiger partial charge in [0.1, 0.15) is 5.75 Å². The van der Waals surface area contributed by atoms with Crippen LogP contribution in [0.25, 0.3) is 0 Å². The first-order chi connectivity index (χ1) is 12.6. The number of guanidine groups is 1. The summed E-state index contributed by atoms with van der Waals surface area (Å²) in [5, 5.41) is 6.19. The molecule has 2 rings (SSSR count). The number of nitrogens with one attached hydrogen (secondary N) is 2. The SMILES string of the molecule is CCNC(=NCCNC(=O)c1cccc(OC)c1)N(C)CC1CCOC1. The second kappa shape index (κ2) is 10.7. The highest BCUT2D eigenvalue weighted by atomic mass is 16.5. The molecule has 1 amide bonds. The number of carbonyl (C=O) groups excluding carboxylic acids is 1. The first kappa shape index (κ1) is 20.0. The molecule has 1 heterocycles. The molecule has 1 fully saturated rings. The lowest BCUT2D eigenvalue weighted by atomic mass is 10.1. The summed E-state index contributed by atoms with van der Waals surface area (Å²) in [6.07, 6.45) is 1.10. The fourth-order valence-electron chi connectivity index (χ4n) is 2.87. The van der Waals surface area contributed by atoms with E-state index >= 15 is 0 Å². The summed E-state index contributed by atoms with van der Waals surface area (Å²) in [6, 6.07) is 7.11. The molecular weight excluding hydrogens is 332 g/mol. The highest BCUT2D eigenvalue weighted by molar-refractivity contribution is 5.94. The maximum Gasteiger partial charge on any atom is 0.251 e. The second-order valence-electron chi connectivity index (χ2n) is 6.33. The molecule has 26 heavy (non-hydrogen) atoms. The predicted octanol–water partition coefficient (Wildman–Crippen LogP) is 1.36. The molecule has 0 saturated carbocycles. The Morgan fingerprint density at radius 3 is 2.96 bits per heavy atom. The zero-order valence-electron chi connectivity index (χ0n) is 16.0. The van der Waals surface area contributed by atoms with Crippen LogP contribution in [0.4, 0.5) is 0 Å². The molecule has 0 spiro atoms. The van der Waals surface area contributed by atoms with Crippen LogP contribution in [0.5, 0.6) is 5.75 Å². The van der Waals surface area contributed by atoms with Crippen LogP contribution in [0.15, 0.2) is 29.3 Å². The minimum absolute atomic E-state index is 0.124. The van der Waals surface area contributed by atoms with Crippen molar-refractivity contribution in [3.05, 3.63) is 29.8 Å². The first-order valence-corrected chi connectivity index (χ1v) is 9.13. The zero-order chi connectivity index (χ0) is 18.8. The Hall–Kier alpha value is -2.28. The summed E-state index contributed by atoms with van der Waals surface area (Å²) in [4.78, 5) is 18.9. The average Bonchev–Trinajstić information content (AvgIpc) is 3.17. The third-order valence-corrected chi connectivity index (χ3v) is 4.24. The molecule has 2 N–H and O–H groups in total. The molecule has 1 saturated heterocycles. The molecule has 1 aliphatic heterocycles. The lowest BCUT2D eigenvalue weighted by Crippen LogP contribution is -2.42. The quantitative estimate of drug-likeness (QED) is 0.415. The normalized spacial score (nSPS) is 17.0. The first-order valence-electron chi connectivity index (χ1n) is 9.13.